The molecule has 0 N–H and O–H groups in total. The highest BCUT2D eigenvalue weighted by Gasteiger charge is 2.52. The van der Waals surface area contributed by atoms with Crippen LogP contribution in [-0.4, -0.2) is 44.7 Å². The number of benzene rings is 1. The standard InChI is InChI=1S/C15H19BrO4/c1-17-15(6-7-15)14-10-18-8-13(20-14)9-19-12-4-2-11(16)3-5-12/h2-5,13-14H,6-10H2,1H3. The fourth-order valence-electron chi connectivity index (χ4n) is 2.48. The minimum absolute atomic E-state index is 0.0276. The molecular weight excluding hydrogens is 324 g/mol. The van der Waals surface area contributed by atoms with Crippen molar-refractivity contribution in [3.8, 4) is 5.75 Å². The van der Waals surface area contributed by atoms with Gasteiger partial charge in [-0.05, 0) is 37.1 Å². The van der Waals surface area contributed by atoms with Gasteiger partial charge in [0, 0.05) is 11.6 Å². The molecule has 1 saturated carbocycles. The van der Waals surface area contributed by atoms with Gasteiger partial charge in [0.25, 0.3) is 0 Å². The predicted octanol–water partition coefficient (Wildman–Crippen LogP) is 2.79. The van der Waals surface area contributed by atoms with Crippen molar-refractivity contribution in [3.63, 3.8) is 0 Å². The maximum atomic E-state index is 6.07. The smallest absolute Gasteiger partial charge is 0.119 e. The molecule has 1 aliphatic carbocycles. The Balaban J connectivity index is 1.51. The third-order valence-corrected chi connectivity index (χ3v) is 4.44. The van der Waals surface area contributed by atoms with Crippen molar-refractivity contribution in [1.29, 1.82) is 0 Å². The molecular formula is C15H19BrO4. The normalized spacial score (nSPS) is 28.1. The lowest BCUT2D eigenvalue weighted by Crippen LogP contribution is -2.47. The summed E-state index contributed by atoms with van der Waals surface area (Å²) in [6, 6.07) is 7.78. The molecule has 0 radical (unpaired) electrons. The van der Waals surface area contributed by atoms with E-state index in [2.05, 4.69) is 15.9 Å². The van der Waals surface area contributed by atoms with E-state index in [0.29, 0.717) is 19.8 Å². The molecule has 20 heavy (non-hydrogen) atoms. The highest BCUT2D eigenvalue weighted by molar-refractivity contribution is 9.10. The Hall–Kier alpha value is -0.620. The van der Waals surface area contributed by atoms with Crippen LogP contribution in [0, 0.1) is 0 Å². The molecule has 0 spiro atoms. The molecule has 0 amide bonds. The second-order valence-corrected chi connectivity index (χ2v) is 6.23. The molecule has 3 rings (SSSR count). The van der Waals surface area contributed by atoms with Gasteiger partial charge >= 0.3 is 0 Å². The van der Waals surface area contributed by atoms with E-state index >= 15 is 0 Å². The van der Waals surface area contributed by atoms with Crippen LogP contribution in [0.25, 0.3) is 0 Å². The minimum Gasteiger partial charge on any atom is -0.491 e. The van der Waals surface area contributed by atoms with Crippen molar-refractivity contribution < 1.29 is 18.9 Å². The Kier molecular flexibility index (Phi) is 4.31. The van der Waals surface area contributed by atoms with E-state index in [4.69, 9.17) is 18.9 Å². The summed E-state index contributed by atoms with van der Waals surface area (Å²) in [7, 11) is 1.75. The summed E-state index contributed by atoms with van der Waals surface area (Å²) in [4.78, 5) is 0. The molecule has 2 fully saturated rings. The van der Waals surface area contributed by atoms with Crippen LogP contribution in [0.5, 0.6) is 5.75 Å². The predicted molar refractivity (Wildman–Crippen MR) is 78.1 cm³/mol. The fourth-order valence-corrected chi connectivity index (χ4v) is 2.75. The van der Waals surface area contributed by atoms with Crippen LogP contribution in [0.1, 0.15) is 12.8 Å². The lowest BCUT2D eigenvalue weighted by Gasteiger charge is -2.34. The fraction of sp³-hybridized carbons (Fsp3) is 0.600. The topological polar surface area (TPSA) is 36.9 Å². The Morgan fingerprint density at radius 2 is 2.00 bits per heavy atom. The summed E-state index contributed by atoms with van der Waals surface area (Å²) in [5.41, 5.74) is -0.115. The maximum Gasteiger partial charge on any atom is 0.119 e. The molecule has 1 aromatic rings. The number of halogens is 1. The zero-order valence-electron chi connectivity index (χ0n) is 11.5. The molecule has 2 unspecified atom stereocenters. The van der Waals surface area contributed by atoms with Gasteiger partial charge in [-0.25, -0.2) is 0 Å². The summed E-state index contributed by atoms with van der Waals surface area (Å²) >= 11 is 3.40. The molecule has 0 aromatic heterocycles. The highest BCUT2D eigenvalue weighted by atomic mass is 79.9. The van der Waals surface area contributed by atoms with E-state index in [-0.39, 0.29) is 17.8 Å². The van der Waals surface area contributed by atoms with Crippen LogP contribution in [0.15, 0.2) is 28.7 Å². The molecule has 1 aromatic carbocycles. The van der Waals surface area contributed by atoms with Crippen molar-refractivity contribution in [2.24, 2.45) is 0 Å². The van der Waals surface area contributed by atoms with Crippen molar-refractivity contribution in [2.75, 3.05) is 26.9 Å². The first-order valence-corrected chi connectivity index (χ1v) is 7.68. The maximum absolute atomic E-state index is 6.07. The van der Waals surface area contributed by atoms with Crippen molar-refractivity contribution in [1.82, 2.24) is 0 Å². The van der Waals surface area contributed by atoms with E-state index in [1.165, 1.54) is 0 Å². The lowest BCUT2D eigenvalue weighted by atomic mass is 10.1. The van der Waals surface area contributed by atoms with Crippen molar-refractivity contribution in [3.05, 3.63) is 28.7 Å². The highest BCUT2D eigenvalue weighted by Crippen LogP contribution is 2.44. The minimum atomic E-state index is -0.115. The average molecular weight is 343 g/mol. The van der Waals surface area contributed by atoms with E-state index in [0.717, 1.165) is 23.1 Å². The van der Waals surface area contributed by atoms with Crippen LogP contribution < -0.4 is 4.74 Å². The van der Waals surface area contributed by atoms with Crippen LogP contribution in [0.2, 0.25) is 0 Å². The molecule has 1 aliphatic heterocycles. The van der Waals surface area contributed by atoms with Gasteiger partial charge in [-0.2, -0.15) is 0 Å². The lowest BCUT2D eigenvalue weighted by molar-refractivity contribution is -0.192. The molecule has 1 heterocycles. The number of hydrogen-bond donors (Lipinski definition) is 0. The van der Waals surface area contributed by atoms with E-state index in [1.54, 1.807) is 7.11 Å². The average Bonchev–Trinajstić information content (AvgIpc) is 3.28. The van der Waals surface area contributed by atoms with Crippen LogP contribution in [0.3, 0.4) is 0 Å². The van der Waals surface area contributed by atoms with Gasteiger partial charge in [-0.3, -0.25) is 0 Å². The van der Waals surface area contributed by atoms with Crippen molar-refractivity contribution in [2.45, 2.75) is 30.7 Å². The molecule has 2 atom stereocenters. The van der Waals surface area contributed by atoms with E-state index < -0.39 is 0 Å². The van der Waals surface area contributed by atoms with Gasteiger partial charge in [-0.1, -0.05) is 15.9 Å². The summed E-state index contributed by atoms with van der Waals surface area (Å²) in [6.45, 7) is 1.69. The van der Waals surface area contributed by atoms with E-state index in [9.17, 15) is 0 Å². The number of hydrogen-bond acceptors (Lipinski definition) is 4. The quantitative estimate of drug-likeness (QED) is 0.824. The Morgan fingerprint density at radius 1 is 1.25 bits per heavy atom. The van der Waals surface area contributed by atoms with Crippen LogP contribution >= 0.6 is 15.9 Å². The second kappa shape index (κ2) is 6.02. The molecule has 0 bridgehead atoms. The van der Waals surface area contributed by atoms with Crippen LogP contribution in [-0.2, 0) is 14.2 Å². The van der Waals surface area contributed by atoms with Gasteiger partial charge in [-0.15, -0.1) is 0 Å². The number of rotatable bonds is 5. The summed E-state index contributed by atoms with van der Waals surface area (Å²) in [5, 5.41) is 0. The molecule has 4 nitrogen and oxygen atoms in total. The first-order chi connectivity index (χ1) is 9.72. The Morgan fingerprint density at radius 3 is 2.65 bits per heavy atom. The molecule has 2 aliphatic rings. The third kappa shape index (κ3) is 3.17. The van der Waals surface area contributed by atoms with Gasteiger partial charge in [0.05, 0.1) is 18.8 Å². The Bertz CT molecular complexity index is 444. The van der Waals surface area contributed by atoms with Crippen molar-refractivity contribution >= 4 is 15.9 Å². The first kappa shape index (κ1) is 14.3. The van der Waals surface area contributed by atoms with Gasteiger partial charge in [0.15, 0.2) is 0 Å². The van der Waals surface area contributed by atoms with E-state index in [1.807, 2.05) is 24.3 Å². The monoisotopic (exact) mass is 342 g/mol. The second-order valence-electron chi connectivity index (χ2n) is 5.32. The third-order valence-electron chi connectivity index (χ3n) is 3.92. The van der Waals surface area contributed by atoms with Gasteiger partial charge < -0.3 is 18.9 Å². The Labute approximate surface area is 127 Å². The molecule has 110 valence electrons. The SMILES string of the molecule is COC1(C2COCC(COc3ccc(Br)cc3)O2)CC1. The van der Waals surface area contributed by atoms with Gasteiger partial charge in [0.2, 0.25) is 0 Å². The molecule has 5 heteroatoms. The molecule has 1 saturated heterocycles. The largest absolute Gasteiger partial charge is 0.491 e. The summed E-state index contributed by atoms with van der Waals surface area (Å²) in [5.74, 6) is 0.840. The number of ether oxygens (including phenoxy) is 4. The zero-order valence-corrected chi connectivity index (χ0v) is 13.1. The van der Waals surface area contributed by atoms with Gasteiger partial charge in [0.1, 0.15) is 24.6 Å². The first-order valence-electron chi connectivity index (χ1n) is 6.88. The summed E-state index contributed by atoms with van der Waals surface area (Å²) < 4.78 is 24.1. The van der Waals surface area contributed by atoms with Crippen LogP contribution in [0.4, 0.5) is 0 Å². The number of methoxy groups -OCH3 is 1. The summed E-state index contributed by atoms with van der Waals surface area (Å²) in [6.07, 6.45) is 2.10. The zero-order chi connectivity index (χ0) is 14.0.